The first-order valence-electron chi connectivity index (χ1n) is 4.00. The molecule has 0 aliphatic carbocycles. The van der Waals surface area contributed by atoms with Crippen LogP contribution in [0.5, 0.6) is 0 Å². The molecule has 11 heavy (non-hydrogen) atoms. The first kappa shape index (κ1) is 8.02. The van der Waals surface area contributed by atoms with Crippen LogP contribution in [0.2, 0.25) is 0 Å². The van der Waals surface area contributed by atoms with E-state index < -0.39 is 0 Å². The molecule has 0 saturated carbocycles. The van der Waals surface area contributed by atoms with Crippen molar-refractivity contribution in [1.82, 2.24) is 0 Å². The maximum absolute atomic E-state index is 5.73. The van der Waals surface area contributed by atoms with E-state index >= 15 is 0 Å². The van der Waals surface area contributed by atoms with E-state index in [0.29, 0.717) is 0 Å². The van der Waals surface area contributed by atoms with E-state index in [-0.39, 0.29) is 16.2 Å². The van der Waals surface area contributed by atoms with E-state index in [2.05, 4.69) is 29.8 Å². The van der Waals surface area contributed by atoms with Gasteiger partial charge in [-0.1, -0.05) is 15.9 Å². The zero-order chi connectivity index (χ0) is 8.11. The number of hydrogen-bond acceptors (Lipinski definition) is 2. The van der Waals surface area contributed by atoms with Gasteiger partial charge in [-0.05, 0) is 26.7 Å². The molecule has 0 unspecified atom stereocenters. The van der Waals surface area contributed by atoms with Crippen LogP contribution in [0, 0.1) is 0 Å². The topological polar surface area (TPSA) is 18.5 Å². The molecule has 0 aromatic heterocycles. The Morgan fingerprint density at radius 1 is 1.36 bits per heavy atom. The van der Waals surface area contributed by atoms with Crippen molar-refractivity contribution in [3.63, 3.8) is 0 Å². The van der Waals surface area contributed by atoms with Gasteiger partial charge in [0.15, 0.2) is 6.29 Å². The zero-order valence-corrected chi connectivity index (χ0v) is 8.48. The minimum absolute atomic E-state index is 0.00204. The lowest BCUT2D eigenvalue weighted by Gasteiger charge is -2.36. The van der Waals surface area contributed by atoms with Crippen molar-refractivity contribution in [2.75, 3.05) is 6.61 Å². The summed E-state index contributed by atoms with van der Waals surface area (Å²) < 4.78 is 11.3. The van der Waals surface area contributed by atoms with Crippen LogP contribution in [0.3, 0.4) is 0 Å². The first-order chi connectivity index (χ1) is 5.02. The second kappa shape index (κ2) is 2.21. The summed E-state index contributed by atoms with van der Waals surface area (Å²) in [4.78, 5) is 0. The largest absolute Gasteiger partial charge is 0.348 e. The quantitative estimate of drug-likeness (QED) is 0.583. The third-order valence-corrected chi connectivity index (χ3v) is 3.34. The van der Waals surface area contributed by atoms with Crippen LogP contribution in [0.1, 0.15) is 26.7 Å². The van der Waals surface area contributed by atoms with E-state index in [1.165, 1.54) is 0 Å². The number of rotatable bonds is 0. The first-order valence-corrected chi connectivity index (χ1v) is 4.80. The molecule has 3 atom stereocenters. The number of ether oxygens (including phenoxy) is 2. The average molecular weight is 221 g/mol. The molecule has 2 aliphatic rings. The van der Waals surface area contributed by atoms with Gasteiger partial charge in [-0.15, -0.1) is 0 Å². The summed E-state index contributed by atoms with van der Waals surface area (Å²) in [5.74, 6) is 0. The molecular formula is C8H13BrO2. The Kier molecular flexibility index (Phi) is 1.61. The van der Waals surface area contributed by atoms with Gasteiger partial charge in [0.2, 0.25) is 0 Å². The number of alkyl halides is 1. The number of fused-ring (bicyclic) bond motifs is 2. The minimum atomic E-state index is -0.0405. The fraction of sp³-hybridized carbons (Fsp3) is 1.00. The Balaban J connectivity index is 2.19. The summed E-state index contributed by atoms with van der Waals surface area (Å²) in [6.07, 6.45) is 2.18. The van der Waals surface area contributed by atoms with E-state index in [9.17, 15) is 0 Å². The van der Waals surface area contributed by atoms with Crippen LogP contribution >= 0.6 is 15.9 Å². The highest BCUT2D eigenvalue weighted by atomic mass is 79.9. The maximum atomic E-state index is 5.73. The Bertz CT molecular complexity index is 181. The molecule has 2 aliphatic heterocycles. The molecule has 2 heterocycles. The van der Waals surface area contributed by atoms with Crippen molar-refractivity contribution >= 4 is 15.9 Å². The summed E-state index contributed by atoms with van der Waals surface area (Å²) in [5.41, 5.74) is -0.00204. The molecule has 0 amide bonds. The Morgan fingerprint density at radius 2 is 2.09 bits per heavy atom. The van der Waals surface area contributed by atoms with Gasteiger partial charge in [-0.2, -0.15) is 0 Å². The number of hydrogen-bond donors (Lipinski definition) is 0. The van der Waals surface area contributed by atoms with Crippen LogP contribution < -0.4 is 0 Å². The van der Waals surface area contributed by atoms with Gasteiger partial charge in [0.1, 0.15) is 0 Å². The molecule has 2 rings (SSSR count). The molecule has 0 radical (unpaired) electrons. The molecule has 0 aromatic carbocycles. The van der Waals surface area contributed by atoms with Gasteiger partial charge in [-0.3, -0.25) is 0 Å². The van der Waals surface area contributed by atoms with Gasteiger partial charge in [0.25, 0.3) is 0 Å². The summed E-state index contributed by atoms with van der Waals surface area (Å²) in [6.45, 7) is 5.00. The highest BCUT2D eigenvalue weighted by molar-refractivity contribution is 9.10. The molecule has 0 aromatic rings. The van der Waals surface area contributed by atoms with Gasteiger partial charge in [0.05, 0.1) is 16.5 Å². The second-order valence-corrected chi connectivity index (χ2v) is 5.80. The van der Waals surface area contributed by atoms with Crippen molar-refractivity contribution in [3.05, 3.63) is 0 Å². The lowest BCUT2D eigenvalue weighted by molar-refractivity contribution is -0.129. The molecule has 2 fully saturated rings. The fourth-order valence-corrected chi connectivity index (χ4v) is 2.06. The number of halogens is 1. The fourth-order valence-electron chi connectivity index (χ4n) is 1.63. The smallest absolute Gasteiger partial charge is 0.173 e. The average Bonchev–Trinajstić information content (AvgIpc) is 2.25. The maximum Gasteiger partial charge on any atom is 0.173 e. The Hall–Kier alpha value is 0.400. The molecule has 2 nitrogen and oxygen atoms in total. The van der Waals surface area contributed by atoms with Gasteiger partial charge in [0, 0.05) is 0 Å². The summed E-state index contributed by atoms with van der Waals surface area (Å²) in [7, 11) is 0. The van der Waals surface area contributed by atoms with Crippen LogP contribution in [-0.2, 0) is 9.47 Å². The molecular weight excluding hydrogens is 208 g/mol. The standard InChI is InChI=1S/C8H13BrO2/c1-7-3-4-8(2,9)6(11-7)10-5-7/h6H,3-5H2,1-2H3/t6-,7+,8-/m0/s1. The minimum Gasteiger partial charge on any atom is -0.348 e. The molecule has 2 saturated heterocycles. The lowest BCUT2D eigenvalue weighted by Crippen LogP contribution is -2.43. The van der Waals surface area contributed by atoms with Crippen LogP contribution in [0.15, 0.2) is 0 Å². The van der Waals surface area contributed by atoms with Gasteiger partial charge in [-0.25, -0.2) is 0 Å². The van der Waals surface area contributed by atoms with E-state index in [1.807, 2.05) is 0 Å². The highest BCUT2D eigenvalue weighted by Gasteiger charge is 2.50. The van der Waals surface area contributed by atoms with Crippen molar-refractivity contribution < 1.29 is 9.47 Å². The van der Waals surface area contributed by atoms with Crippen LogP contribution in [0.25, 0.3) is 0 Å². The SMILES string of the molecule is C[C@@]12CC[C@](C)(Br)[C@@H](OC1)O2. The normalized spacial score (nSPS) is 56.5. The molecule has 64 valence electrons. The summed E-state index contributed by atoms with van der Waals surface area (Å²) in [5, 5.41) is 0. The van der Waals surface area contributed by atoms with Crippen molar-refractivity contribution in [3.8, 4) is 0 Å². The zero-order valence-electron chi connectivity index (χ0n) is 6.89. The second-order valence-electron chi connectivity index (χ2n) is 3.99. The third kappa shape index (κ3) is 1.23. The molecule has 2 bridgehead atoms. The monoisotopic (exact) mass is 220 g/mol. The molecule has 0 N–H and O–H groups in total. The summed E-state index contributed by atoms with van der Waals surface area (Å²) >= 11 is 3.62. The predicted molar refractivity (Wildman–Crippen MR) is 45.8 cm³/mol. The lowest BCUT2D eigenvalue weighted by atomic mass is 9.93. The van der Waals surface area contributed by atoms with Crippen molar-refractivity contribution in [2.45, 2.75) is 42.9 Å². The van der Waals surface area contributed by atoms with E-state index in [4.69, 9.17) is 9.47 Å². The Morgan fingerprint density at radius 3 is 2.73 bits per heavy atom. The molecule has 3 heteroatoms. The van der Waals surface area contributed by atoms with Crippen molar-refractivity contribution in [1.29, 1.82) is 0 Å². The van der Waals surface area contributed by atoms with Crippen molar-refractivity contribution in [2.24, 2.45) is 0 Å². The van der Waals surface area contributed by atoms with Crippen LogP contribution in [0.4, 0.5) is 0 Å². The van der Waals surface area contributed by atoms with E-state index in [0.717, 1.165) is 19.4 Å². The van der Waals surface area contributed by atoms with Gasteiger partial charge >= 0.3 is 0 Å². The molecule has 0 spiro atoms. The van der Waals surface area contributed by atoms with Crippen LogP contribution in [-0.4, -0.2) is 22.8 Å². The third-order valence-electron chi connectivity index (χ3n) is 2.57. The Labute approximate surface area is 75.4 Å². The predicted octanol–water partition coefficient (Wildman–Crippen LogP) is 2.07. The summed E-state index contributed by atoms with van der Waals surface area (Å²) in [6, 6.07) is 0. The van der Waals surface area contributed by atoms with E-state index in [1.54, 1.807) is 0 Å². The highest BCUT2D eigenvalue weighted by Crippen LogP contribution is 2.45. The van der Waals surface area contributed by atoms with Gasteiger partial charge < -0.3 is 9.47 Å².